The van der Waals surface area contributed by atoms with Crippen LogP contribution in [0.2, 0.25) is 0 Å². The third kappa shape index (κ3) is 26.6. The van der Waals surface area contributed by atoms with Crippen LogP contribution in [0.3, 0.4) is 0 Å². The molecule has 0 unspecified atom stereocenters. The Morgan fingerprint density at radius 2 is 0.590 bits per heavy atom. The van der Waals surface area contributed by atoms with Gasteiger partial charge in [0.2, 0.25) is 0 Å². The predicted octanol–water partition coefficient (Wildman–Crippen LogP) is 13.7. The average molecular weight is 1900 g/mol. The summed E-state index contributed by atoms with van der Waals surface area (Å²) < 4.78 is 161. The largest absolute Gasteiger partial charge is 0.471 e. The maximum absolute atomic E-state index is 16.1. The van der Waals surface area contributed by atoms with E-state index >= 15 is 33.6 Å². The second kappa shape index (κ2) is 47.5. The van der Waals surface area contributed by atoms with Crippen molar-refractivity contribution in [2.45, 2.75) is 131 Å². The summed E-state index contributed by atoms with van der Waals surface area (Å²) in [4.78, 5) is 192. The van der Waals surface area contributed by atoms with Crippen LogP contribution in [-0.2, 0) is 106 Å². The van der Waals surface area contributed by atoms with E-state index in [1.165, 1.54) is 261 Å². The number of benzene rings is 11. The molecule has 3 saturated heterocycles. The monoisotopic (exact) mass is 1900 g/mol. The van der Waals surface area contributed by atoms with Gasteiger partial charge < -0.3 is 90.6 Å². The van der Waals surface area contributed by atoms with Crippen molar-refractivity contribution in [1.82, 2.24) is 0 Å². The maximum Gasteiger partial charge on any atom is 0.471 e. The second-order valence-electron chi connectivity index (χ2n) is 31.3. The van der Waals surface area contributed by atoms with Crippen molar-refractivity contribution in [2.24, 2.45) is 0 Å². The van der Waals surface area contributed by atoms with Gasteiger partial charge in [0.1, 0.15) is 44.2 Å². The number of amides is 1. The van der Waals surface area contributed by atoms with Crippen LogP contribution < -0.4 is 5.32 Å². The van der Waals surface area contributed by atoms with Crippen LogP contribution in [0.4, 0.5) is 18.9 Å². The third-order valence-electron chi connectivity index (χ3n) is 21.7. The zero-order chi connectivity index (χ0) is 97.9. The quantitative estimate of drug-likeness (QED) is 0.0281. The van der Waals surface area contributed by atoms with Gasteiger partial charge in [-0.3, -0.25) is 14.4 Å². The smallest absolute Gasteiger partial charge is 0.462 e. The molecule has 0 spiro atoms. The first-order chi connectivity index (χ1) is 67.3. The summed E-state index contributed by atoms with van der Waals surface area (Å²) >= 11 is 0. The summed E-state index contributed by atoms with van der Waals surface area (Å²) in [5.41, 5.74) is -1.76. The minimum Gasteiger partial charge on any atom is -0.462 e. The molecule has 0 saturated carbocycles. The first kappa shape index (κ1) is 99.1. The number of esters is 12. The van der Waals surface area contributed by atoms with Crippen molar-refractivity contribution >= 4 is 83.2 Å². The van der Waals surface area contributed by atoms with E-state index in [1.807, 2.05) is 0 Å². The number of alkyl halides is 3. The lowest BCUT2D eigenvalue weighted by Crippen LogP contribution is -2.70. The molecule has 3 fully saturated rings. The SMILES string of the molecule is CC(=O)OC[C@H](OC(C)=O)[C@H]1O[C@H](OCCc2ccc(NC(=O)C(F)(F)F)cc2)[C@@H](O[C@H]2O[C@H]([C@H](COC(=O)c3ccccc3)OC(=O)c3ccccc3)[C@@H](OC(=O)c3ccccc3)[C@H](OC(=O)c3ccccc3)[C@@H]2OC(=O)c2ccccc2)[C@@H](OC(=O)c2ccccc2)[C@@H]1O[C@@H]1O[C@H](COC(=O)c2ccccc2)[C@@H](OC(=O)c2ccccc2)[C@H](OC(=O)c2ccccc2)[C@H]1OC(=O)c1ccccc1. The number of ether oxygens (including phenoxy) is 18. The van der Waals surface area contributed by atoms with Crippen molar-refractivity contribution < 1.29 is 161 Å². The molecule has 0 aliphatic carbocycles. The van der Waals surface area contributed by atoms with E-state index in [1.54, 1.807) is 59.9 Å². The zero-order valence-corrected chi connectivity index (χ0v) is 73.8. The summed E-state index contributed by atoms with van der Waals surface area (Å²) in [5, 5.41) is 1.77. The minimum atomic E-state index is -5.32. The van der Waals surface area contributed by atoms with Crippen molar-refractivity contribution in [1.29, 1.82) is 0 Å². The zero-order valence-electron chi connectivity index (χ0n) is 73.8. The molecule has 11 aromatic carbocycles. The van der Waals surface area contributed by atoms with Gasteiger partial charge in [0.25, 0.3) is 0 Å². The summed E-state index contributed by atoms with van der Waals surface area (Å²) in [6.45, 7) is -1.94. The molecule has 1 amide bonds. The average Bonchev–Trinajstić information content (AvgIpc) is 0.746. The molecule has 716 valence electrons. The Morgan fingerprint density at radius 1 is 0.295 bits per heavy atom. The van der Waals surface area contributed by atoms with Gasteiger partial charge >= 0.3 is 83.7 Å². The topological polar surface area (TPSA) is 400 Å². The van der Waals surface area contributed by atoms with E-state index in [0.717, 1.165) is 26.0 Å². The Kier molecular flexibility index (Phi) is 33.9. The molecule has 35 heteroatoms. The Balaban J connectivity index is 1.02. The maximum atomic E-state index is 16.1. The number of hydrogen-bond donors (Lipinski definition) is 1. The first-order valence-electron chi connectivity index (χ1n) is 43.5. The fourth-order valence-electron chi connectivity index (χ4n) is 15.0. The van der Waals surface area contributed by atoms with Crippen molar-refractivity contribution in [3.8, 4) is 0 Å². The number of hydrogen-bond acceptors (Lipinski definition) is 31. The number of nitrogens with one attached hydrogen (secondary N) is 1. The lowest BCUT2D eigenvalue weighted by molar-refractivity contribution is -0.390. The third-order valence-corrected chi connectivity index (χ3v) is 21.7. The van der Waals surface area contributed by atoms with Crippen LogP contribution in [-0.4, -0.2) is 214 Å². The molecule has 3 aliphatic rings. The Labute approximate surface area is 791 Å². The Hall–Kier alpha value is -15.9. The lowest BCUT2D eigenvalue weighted by Gasteiger charge is -2.51. The lowest BCUT2D eigenvalue weighted by atomic mass is 9.92. The van der Waals surface area contributed by atoms with Gasteiger partial charge in [-0.25, -0.2) is 47.9 Å². The van der Waals surface area contributed by atoms with Gasteiger partial charge in [0.05, 0.1) is 62.2 Å². The van der Waals surface area contributed by atoms with Gasteiger partial charge in [0.15, 0.2) is 79.9 Å². The van der Waals surface area contributed by atoms with Crippen LogP contribution in [0, 0.1) is 0 Å². The summed E-state index contributed by atoms with van der Waals surface area (Å²) in [5.74, 6) is -16.5. The second-order valence-corrected chi connectivity index (χ2v) is 31.3. The molecule has 3 heterocycles. The van der Waals surface area contributed by atoms with Gasteiger partial charge in [-0.05, 0) is 145 Å². The molecule has 0 bridgehead atoms. The van der Waals surface area contributed by atoms with Crippen LogP contribution >= 0.6 is 0 Å². The van der Waals surface area contributed by atoms with Crippen LogP contribution in [0.25, 0.3) is 0 Å². The van der Waals surface area contributed by atoms with E-state index in [4.69, 9.17) is 85.3 Å². The molecule has 17 atom stereocenters. The van der Waals surface area contributed by atoms with Gasteiger partial charge in [-0.15, -0.1) is 0 Å². The van der Waals surface area contributed by atoms with Crippen molar-refractivity contribution in [3.05, 3.63) is 389 Å². The van der Waals surface area contributed by atoms with Crippen molar-refractivity contribution in [2.75, 3.05) is 31.7 Å². The van der Waals surface area contributed by atoms with E-state index in [2.05, 4.69) is 0 Å². The van der Waals surface area contributed by atoms with Gasteiger partial charge in [0, 0.05) is 19.5 Å². The minimum absolute atomic E-state index is 0.0410. The molecular formula is C104H88F3NO31. The van der Waals surface area contributed by atoms with Crippen LogP contribution in [0.15, 0.2) is 328 Å². The van der Waals surface area contributed by atoms with Gasteiger partial charge in [-0.1, -0.05) is 194 Å². The fraction of sp³-hybridized carbons (Fsp3) is 0.240. The molecule has 1 N–H and O–H groups in total. The Morgan fingerprint density at radius 3 is 0.964 bits per heavy atom. The highest BCUT2D eigenvalue weighted by atomic mass is 19.4. The number of rotatable bonds is 36. The first-order valence-corrected chi connectivity index (χ1v) is 43.5. The normalized spacial score (nSPS) is 21.4. The molecule has 0 aromatic heterocycles. The summed E-state index contributed by atoms with van der Waals surface area (Å²) in [6, 6.07) is 76.8. The fourth-order valence-corrected chi connectivity index (χ4v) is 15.0. The molecule has 14 rings (SSSR count). The van der Waals surface area contributed by atoms with Gasteiger partial charge in [-0.2, -0.15) is 13.2 Å². The molecule has 11 aromatic rings. The summed E-state index contributed by atoms with van der Waals surface area (Å²) in [6.07, 6.45) is -45.6. The standard InChI is InChI=1S/C104H88F3NO31/c1-62(109)123-59-76(126-63(2)110)80-83(138-101-88(134-98(119)73-49-29-11-30-50-73)84(131-95(116)70-43-23-8-24-44-70)79(129-93(114)68-39-19-6-20-40-68)78(128-101)61-125-91(112)66-35-15-4-16-36-66)86(133-97(118)72-47-27-10-28-48-72)87(100(136-80)122-58-57-64-53-55-75(56-54-64)108-103(121)104(105,106)107)139-102-89(135-99(120)74-51-31-12-32-52-74)85(132-96(117)71-45-25-9-26-46-71)82(130-94(115)69-41-21-7-22-42-69)81(137-102)77(127-92(113)67-37-17-5-18-38-67)60-124-90(111)65-33-13-3-14-34-65/h3-56,76-89,100-102H,57-61H2,1-2H3,(H,108,121)/t76-,77-,78+,79+,80+,81+,82+,83+,84-,85-,86-,87-,88+,89-,100-,101-,102+/m0/s1. The van der Waals surface area contributed by atoms with Crippen LogP contribution in [0.1, 0.15) is 123 Å². The van der Waals surface area contributed by atoms with E-state index in [-0.39, 0.29) is 73.3 Å². The highest BCUT2D eigenvalue weighted by molar-refractivity contribution is 5.96. The predicted molar refractivity (Wildman–Crippen MR) is 477 cm³/mol. The molecule has 3 aliphatic heterocycles. The molecular weight excluding hydrogens is 1820 g/mol. The molecule has 139 heavy (non-hydrogen) atoms. The summed E-state index contributed by atoms with van der Waals surface area (Å²) in [7, 11) is 0. The van der Waals surface area contributed by atoms with E-state index in [9.17, 15) is 41.9 Å². The Bertz CT molecular complexity index is 6030. The highest BCUT2D eigenvalue weighted by Crippen LogP contribution is 2.42. The molecule has 0 radical (unpaired) electrons. The van der Waals surface area contributed by atoms with Crippen LogP contribution in [0.5, 0.6) is 0 Å². The van der Waals surface area contributed by atoms with E-state index < -0.39 is 214 Å². The number of halogens is 3. The number of carbonyl (C=O) groups excluding carboxylic acids is 13. The number of carbonyl (C=O) groups is 13. The highest BCUT2D eigenvalue weighted by Gasteiger charge is 2.63. The van der Waals surface area contributed by atoms with Crippen molar-refractivity contribution in [3.63, 3.8) is 0 Å². The number of anilines is 1. The molecule has 32 nitrogen and oxygen atoms in total. The van der Waals surface area contributed by atoms with E-state index in [0.29, 0.717) is 0 Å².